The minimum absolute atomic E-state index is 0.136. The monoisotopic (exact) mass is 324 g/mol. The highest BCUT2D eigenvalue weighted by Crippen LogP contribution is 2.24. The molecule has 0 heterocycles. The lowest BCUT2D eigenvalue weighted by Crippen LogP contribution is -2.19. The molecule has 0 unspecified atom stereocenters. The van der Waals surface area contributed by atoms with Crippen LogP contribution in [0, 0.1) is 0 Å². The molecule has 2 aromatic carbocycles. The van der Waals surface area contributed by atoms with Gasteiger partial charge in [0.05, 0.1) is 4.90 Å². The lowest BCUT2D eigenvalue weighted by Gasteiger charge is -2.09. The summed E-state index contributed by atoms with van der Waals surface area (Å²) in [5.74, 6) is -0.465. The standard InChI is InChI=1S/C13H12N2O6S/c16-10-4-9(5-11(17)7-10)15-13(18)14-8-2-1-3-12(6-8)22(19,20)21/h1-7,16-17H,(H2,14,15,18)(H,19,20,21). The van der Waals surface area contributed by atoms with Gasteiger partial charge in [0.15, 0.2) is 0 Å². The number of benzene rings is 2. The van der Waals surface area contributed by atoms with E-state index < -0.39 is 16.1 Å². The fourth-order valence-electron chi connectivity index (χ4n) is 1.70. The second-order valence-electron chi connectivity index (χ2n) is 4.32. The largest absolute Gasteiger partial charge is 0.508 e. The fraction of sp³-hybridized carbons (Fsp3) is 0. The van der Waals surface area contributed by atoms with Crippen molar-refractivity contribution in [1.29, 1.82) is 0 Å². The van der Waals surface area contributed by atoms with E-state index in [2.05, 4.69) is 10.6 Å². The van der Waals surface area contributed by atoms with Crippen molar-refractivity contribution in [3.63, 3.8) is 0 Å². The number of carbonyl (C=O) groups is 1. The van der Waals surface area contributed by atoms with Crippen LogP contribution in [-0.4, -0.2) is 29.2 Å². The molecule has 0 atom stereocenters. The quantitative estimate of drug-likeness (QED) is 0.548. The Morgan fingerprint density at radius 3 is 2.09 bits per heavy atom. The molecule has 116 valence electrons. The summed E-state index contributed by atoms with van der Waals surface area (Å²) >= 11 is 0. The van der Waals surface area contributed by atoms with Crippen LogP contribution >= 0.6 is 0 Å². The van der Waals surface area contributed by atoms with Crippen LogP contribution in [0.3, 0.4) is 0 Å². The average Bonchev–Trinajstić information content (AvgIpc) is 2.36. The van der Waals surface area contributed by atoms with Crippen LogP contribution in [0.2, 0.25) is 0 Å². The highest BCUT2D eigenvalue weighted by atomic mass is 32.2. The predicted molar refractivity (Wildman–Crippen MR) is 78.7 cm³/mol. The Kier molecular flexibility index (Phi) is 4.20. The number of amides is 2. The number of phenolic OH excluding ortho intramolecular Hbond substituents is 2. The van der Waals surface area contributed by atoms with E-state index >= 15 is 0 Å². The Labute approximate surface area is 125 Å². The number of anilines is 2. The van der Waals surface area contributed by atoms with Crippen molar-refractivity contribution in [3.05, 3.63) is 42.5 Å². The number of phenols is 2. The zero-order valence-corrected chi connectivity index (χ0v) is 11.8. The van der Waals surface area contributed by atoms with Crippen molar-refractivity contribution in [1.82, 2.24) is 0 Å². The van der Waals surface area contributed by atoms with E-state index in [1.54, 1.807) is 0 Å². The molecule has 0 aliphatic carbocycles. The Balaban J connectivity index is 2.12. The minimum atomic E-state index is -4.37. The van der Waals surface area contributed by atoms with Crippen molar-refractivity contribution in [3.8, 4) is 11.5 Å². The predicted octanol–water partition coefficient (Wildman–Crippen LogP) is 1.99. The van der Waals surface area contributed by atoms with Crippen molar-refractivity contribution in [2.24, 2.45) is 0 Å². The third-order valence-corrected chi connectivity index (χ3v) is 3.40. The molecular formula is C13H12N2O6S. The van der Waals surface area contributed by atoms with Crippen molar-refractivity contribution < 1.29 is 28.0 Å². The maximum absolute atomic E-state index is 11.8. The first-order chi connectivity index (χ1) is 10.2. The van der Waals surface area contributed by atoms with Gasteiger partial charge in [0.25, 0.3) is 10.1 Å². The second-order valence-corrected chi connectivity index (χ2v) is 5.74. The molecule has 2 amide bonds. The van der Waals surface area contributed by atoms with Gasteiger partial charge in [-0.1, -0.05) is 6.07 Å². The second kappa shape index (κ2) is 5.92. The summed E-state index contributed by atoms with van der Waals surface area (Å²) in [4.78, 5) is 11.4. The Morgan fingerprint density at radius 1 is 0.909 bits per heavy atom. The van der Waals surface area contributed by atoms with Gasteiger partial charge < -0.3 is 20.8 Å². The van der Waals surface area contributed by atoms with Crippen molar-refractivity contribution >= 4 is 27.5 Å². The van der Waals surface area contributed by atoms with Crippen LogP contribution in [0.15, 0.2) is 47.4 Å². The highest BCUT2D eigenvalue weighted by Gasteiger charge is 2.11. The molecule has 0 aliphatic rings. The van der Waals surface area contributed by atoms with Gasteiger partial charge in [0.2, 0.25) is 0 Å². The normalized spacial score (nSPS) is 11.0. The van der Waals surface area contributed by atoms with Gasteiger partial charge in [-0.05, 0) is 18.2 Å². The van der Waals surface area contributed by atoms with Crippen LogP contribution in [0.25, 0.3) is 0 Å². The van der Waals surface area contributed by atoms with Gasteiger partial charge in [-0.25, -0.2) is 4.79 Å². The van der Waals surface area contributed by atoms with E-state index in [1.807, 2.05) is 0 Å². The Hall–Kier alpha value is -2.78. The molecule has 0 fully saturated rings. The summed E-state index contributed by atoms with van der Waals surface area (Å²) < 4.78 is 30.9. The average molecular weight is 324 g/mol. The lowest BCUT2D eigenvalue weighted by molar-refractivity contribution is 0.262. The number of aromatic hydroxyl groups is 2. The summed E-state index contributed by atoms with van der Waals surface area (Å²) in [5, 5.41) is 23.3. The topological polar surface area (TPSA) is 136 Å². The first-order valence-electron chi connectivity index (χ1n) is 5.92. The molecule has 5 N–H and O–H groups in total. The van der Waals surface area contributed by atoms with Gasteiger partial charge in [-0.3, -0.25) is 4.55 Å². The van der Waals surface area contributed by atoms with E-state index in [1.165, 1.54) is 30.3 Å². The van der Waals surface area contributed by atoms with E-state index in [-0.39, 0.29) is 27.8 Å². The number of nitrogens with one attached hydrogen (secondary N) is 2. The van der Waals surface area contributed by atoms with Gasteiger partial charge in [-0.15, -0.1) is 0 Å². The first kappa shape index (κ1) is 15.6. The Morgan fingerprint density at radius 2 is 1.50 bits per heavy atom. The maximum Gasteiger partial charge on any atom is 0.323 e. The maximum atomic E-state index is 11.8. The lowest BCUT2D eigenvalue weighted by atomic mass is 10.3. The third kappa shape index (κ3) is 4.11. The molecular weight excluding hydrogens is 312 g/mol. The summed E-state index contributed by atoms with van der Waals surface area (Å²) in [6.45, 7) is 0. The molecule has 0 spiro atoms. The van der Waals surface area contributed by atoms with Crippen molar-refractivity contribution in [2.75, 3.05) is 10.6 Å². The SMILES string of the molecule is O=C(Nc1cc(O)cc(O)c1)Nc1cccc(S(=O)(=O)O)c1. The molecule has 0 saturated carbocycles. The van der Waals surface area contributed by atoms with E-state index in [0.29, 0.717) is 0 Å². The number of hydrogen-bond donors (Lipinski definition) is 5. The summed E-state index contributed by atoms with van der Waals surface area (Å²) in [7, 11) is -4.37. The van der Waals surface area contributed by atoms with Gasteiger partial charge >= 0.3 is 6.03 Å². The summed E-state index contributed by atoms with van der Waals surface area (Å²) in [5.41, 5.74) is 0.276. The summed E-state index contributed by atoms with van der Waals surface area (Å²) in [6, 6.07) is 7.83. The molecule has 0 saturated heterocycles. The van der Waals surface area contributed by atoms with E-state index in [0.717, 1.165) is 12.1 Å². The van der Waals surface area contributed by atoms with Crippen molar-refractivity contribution in [2.45, 2.75) is 4.90 Å². The third-order valence-electron chi connectivity index (χ3n) is 2.55. The smallest absolute Gasteiger partial charge is 0.323 e. The van der Waals surface area contributed by atoms with Gasteiger partial charge in [0.1, 0.15) is 11.5 Å². The number of rotatable bonds is 3. The van der Waals surface area contributed by atoms with Gasteiger partial charge in [0, 0.05) is 29.6 Å². The molecule has 0 bridgehead atoms. The minimum Gasteiger partial charge on any atom is -0.508 e. The molecule has 8 nitrogen and oxygen atoms in total. The van der Waals surface area contributed by atoms with Crippen LogP contribution < -0.4 is 10.6 Å². The molecule has 0 aliphatic heterocycles. The van der Waals surface area contributed by atoms with E-state index in [4.69, 9.17) is 4.55 Å². The molecule has 0 aromatic heterocycles. The van der Waals surface area contributed by atoms with Crippen LogP contribution in [0.4, 0.5) is 16.2 Å². The summed E-state index contributed by atoms with van der Waals surface area (Å²) in [6.07, 6.45) is 0. The molecule has 9 heteroatoms. The van der Waals surface area contributed by atoms with E-state index in [9.17, 15) is 23.4 Å². The molecule has 22 heavy (non-hydrogen) atoms. The molecule has 2 aromatic rings. The van der Waals surface area contributed by atoms with Gasteiger partial charge in [-0.2, -0.15) is 8.42 Å². The van der Waals surface area contributed by atoms with Crippen LogP contribution in [-0.2, 0) is 10.1 Å². The number of urea groups is 1. The fourth-order valence-corrected chi connectivity index (χ4v) is 2.22. The van der Waals surface area contributed by atoms with Crippen LogP contribution in [0.5, 0.6) is 11.5 Å². The number of carbonyl (C=O) groups excluding carboxylic acids is 1. The first-order valence-corrected chi connectivity index (χ1v) is 7.36. The zero-order valence-electron chi connectivity index (χ0n) is 11.0. The zero-order chi connectivity index (χ0) is 16.3. The highest BCUT2D eigenvalue weighted by molar-refractivity contribution is 7.85. The molecule has 0 radical (unpaired) electrons. The van der Waals surface area contributed by atoms with Crippen LogP contribution in [0.1, 0.15) is 0 Å². The number of hydrogen-bond acceptors (Lipinski definition) is 5. The molecule has 2 rings (SSSR count). The Bertz CT molecular complexity index is 799.